The molecule has 1 aliphatic rings. The second-order valence-electron chi connectivity index (χ2n) is 4.82. The maximum absolute atomic E-state index is 11.4. The first-order chi connectivity index (χ1) is 8.52. The van der Waals surface area contributed by atoms with Crippen LogP contribution >= 0.6 is 0 Å². The third-order valence-electron chi connectivity index (χ3n) is 3.02. The molecule has 98 valence electrons. The lowest BCUT2D eigenvalue weighted by Gasteiger charge is -2.25. The van der Waals surface area contributed by atoms with Gasteiger partial charge < -0.3 is 15.4 Å². The molecule has 1 aromatic rings. The van der Waals surface area contributed by atoms with Gasteiger partial charge in [-0.15, -0.1) is 0 Å². The Morgan fingerprint density at radius 1 is 1.56 bits per heavy atom. The fourth-order valence-electron chi connectivity index (χ4n) is 2.05. The summed E-state index contributed by atoms with van der Waals surface area (Å²) in [6, 6.07) is 1.83. The normalized spacial score (nSPS) is 22.8. The summed E-state index contributed by atoms with van der Waals surface area (Å²) in [7, 11) is 1.32. The topological polar surface area (TPSA) is 76.1 Å². The van der Waals surface area contributed by atoms with Gasteiger partial charge in [0.15, 0.2) is 0 Å². The van der Waals surface area contributed by atoms with Crippen molar-refractivity contribution >= 4 is 11.8 Å². The van der Waals surface area contributed by atoms with Gasteiger partial charge in [0.25, 0.3) is 0 Å². The van der Waals surface area contributed by atoms with Crippen LogP contribution in [0, 0.1) is 6.92 Å². The van der Waals surface area contributed by atoms with Crippen molar-refractivity contribution in [2.24, 2.45) is 0 Å². The Morgan fingerprint density at radius 2 is 2.33 bits per heavy atom. The molecule has 6 heteroatoms. The monoisotopic (exact) mass is 250 g/mol. The van der Waals surface area contributed by atoms with Crippen LogP contribution in [0.1, 0.15) is 29.7 Å². The molecule has 1 atom stereocenters. The molecule has 0 spiro atoms. The summed E-state index contributed by atoms with van der Waals surface area (Å²) in [5.41, 5.74) is 0.705. The average molecular weight is 250 g/mol. The molecule has 2 rings (SSSR count). The van der Waals surface area contributed by atoms with E-state index in [1.165, 1.54) is 7.11 Å². The first-order valence-electron chi connectivity index (χ1n) is 5.95. The van der Waals surface area contributed by atoms with E-state index in [0.29, 0.717) is 5.82 Å². The lowest BCUT2D eigenvalue weighted by atomic mass is 10.0. The zero-order valence-corrected chi connectivity index (χ0v) is 10.9. The molecule has 2 N–H and O–H groups in total. The number of hydrogen-bond donors (Lipinski definition) is 2. The molecular weight excluding hydrogens is 232 g/mol. The van der Waals surface area contributed by atoms with Crippen molar-refractivity contribution < 1.29 is 9.53 Å². The second-order valence-corrected chi connectivity index (χ2v) is 4.82. The van der Waals surface area contributed by atoms with Gasteiger partial charge in [0, 0.05) is 23.8 Å². The predicted octanol–water partition coefficient (Wildman–Crippen LogP) is 0.736. The fourth-order valence-corrected chi connectivity index (χ4v) is 2.05. The summed E-state index contributed by atoms with van der Waals surface area (Å²) in [5, 5.41) is 6.65. The molecule has 0 radical (unpaired) electrons. The largest absolute Gasteiger partial charge is 0.463 e. The summed E-state index contributed by atoms with van der Waals surface area (Å²) < 4.78 is 4.64. The zero-order chi connectivity index (χ0) is 13.2. The van der Waals surface area contributed by atoms with Gasteiger partial charge in [0.2, 0.25) is 5.82 Å². The highest BCUT2D eigenvalue weighted by molar-refractivity contribution is 5.85. The number of hydrogen-bond acceptors (Lipinski definition) is 6. The van der Waals surface area contributed by atoms with E-state index in [-0.39, 0.29) is 11.4 Å². The Kier molecular flexibility index (Phi) is 3.47. The molecule has 0 aliphatic carbocycles. The molecule has 0 saturated carbocycles. The van der Waals surface area contributed by atoms with Crippen molar-refractivity contribution in [1.29, 1.82) is 0 Å². The Hall–Kier alpha value is -1.69. The van der Waals surface area contributed by atoms with Crippen LogP contribution in [0.15, 0.2) is 6.07 Å². The third-order valence-corrected chi connectivity index (χ3v) is 3.02. The standard InChI is InChI=1S/C12H18N4O2/c1-8-6-9(15-10(14-8)11(17)18-3)16-12(2)4-5-13-7-12/h6,13H,4-5,7H2,1-3H3,(H,14,15,16). The van der Waals surface area contributed by atoms with Crippen LogP contribution in [-0.2, 0) is 4.74 Å². The molecule has 1 aromatic heterocycles. The average Bonchev–Trinajstić information content (AvgIpc) is 2.73. The zero-order valence-electron chi connectivity index (χ0n) is 10.9. The van der Waals surface area contributed by atoms with E-state index in [1.54, 1.807) is 0 Å². The first-order valence-corrected chi connectivity index (χ1v) is 5.95. The molecule has 0 bridgehead atoms. The SMILES string of the molecule is COC(=O)c1nc(C)cc(NC2(C)CCNC2)n1. The number of nitrogens with zero attached hydrogens (tertiary/aromatic N) is 2. The van der Waals surface area contributed by atoms with Crippen molar-refractivity contribution in [2.45, 2.75) is 25.8 Å². The summed E-state index contributed by atoms with van der Waals surface area (Å²) in [4.78, 5) is 19.7. The highest BCUT2D eigenvalue weighted by atomic mass is 16.5. The van der Waals surface area contributed by atoms with E-state index in [0.717, 1.165) is 25.2 Å². The van der Waals surface area contributed by atoms with Crippen molar-refractivity contribution in [3.8, 4) is 0 Å². The minimum Gasteiger partial charge on any atom is -0.463 e. The maximum atomic E-state index is 11.4. The Morgan fingerprint density at radius 3 is 2.94 bits per heavy atom. The lowest BCUT2D eigenvalue weighted by Crippen LogP contribution is -2.37. The Bertz CT molecular complexity index is 455. The maximum Gasteiger partial charge on any atom is 0.376 e. The van der Waals surface area contributed by atoms with Gasteiger partial charge in [-0.3, -0.25) is 0 Å². The van der Waals surface area contributed by atoms with E-state index >= 15 is 0 Å². The van der Waals surface area contributed by atoms with Crippen LogP contribution in [-0.4, -0.2) is 41.7 Å². The number of methoxy groups -OCH3 is 1. The van der Waals surface area contributed by atoms with Gasteiger partial charge in [-0.2, -0.15) is 0 Å². The van der Waals surface area contributed by atoms with Crippen LogP contribution in [0.5, 0.6) is 0 Å². The number of ether oxygens (including phenoxy) is 1. The van der Waals surface area contributed by atoms with Gasteiger partial charge in [-0.1, -0.05) is 0 Å². The molecular formula is C12H18N4O2. The number of esters is 1. The Labute approximate surface area is 106 Å². The number of rotatable bonds is 3. The summed E-state index contributed by atoms with van der Waals surface area (Å²) in [6.45, 7) is 5.82. The first kappa shape index (κ1) is 12.8. The third kappa shape index (κ3) is 2.76. The Balaban J connectivity index is 2.22. The molecule has 1 fully saturated rings. The van der Waals surface area contributed by atoms with Crippen LogP contribution in [0.4, 0.5) is 5.82 Å². The molecule has 0 aromatic carbocycles. The highest BCUT2D eigenvalue weighted by Crippen LogP contribution is 2.20. The van der Waals surface area contributed by atoms with E-state index in [4.69, 9.17) is 0 Å². The van der Waals surface area contributed by atoms with Crippen LogP contribution in [0.25, 0.3) is 0 Å². The highest BCUT2D eigenvalue weighted by Gasteiger charge is 2.28. The predicted molar refractivity (Wildman–Crippen MR) is 67.6 cm³/mol. The number of nitrogens with one attached hydrogen (secondary N) is 2. The molecule has 1 aliphatic heterocycles. The molecule has 0 amide bonds. The van der Waals surface area contributed by atoms with Crippen LogP contribution in [0.3, 0.4) is 0 Å². The van der Waals surface area contributed by atoms with E-state index in [2.05, 4.69) is 32.3 Å². The second kappa shape index (κ2) is 4.89. The minimum absolute atomic E-state index is 0.0335. The number of aryl methyl sites for hydroxylation is 1. The van der Waals surface area contributed by atoms with Gasteiger partial charge in [-0.05, 0) is 26.8 Å². The van der Waals surface area contributed by atoms with Gasteiger partial charge in [0.05, 0.1) is 7.11 Å². The van der Waals surface area contributed by atoms with E-state index in [1.807, 2.05) is 13.0 Å². The summed E-state index contributed by atoms with van der Waals surface area (Å²) in [5.74, 6) is 0.236. The van der Waals surface area contributed by atoms with Gasteiger partial charge in [-0.25, -0.2) is 14.8 Å². The van der Waals surface area contributed by atoms with Crippen molar-refractivity contribution in [2.75, 3.05) is 25.5 Å². The minimum atomic E-state index is -0.517. The molecule has 2 heterocycles. The number of carbonyl (C=O) groups is 1. The van der Waals surface area contributed by atoms with Crippen molar-refractivity contribution in [1.82, 2.24) is 15.3 Å². The van der Waals surface area contributed by atoms with Crippen molar-refractivity contribution in [3.05, 3.63) is 17.6 Å². The number of aromatic nitrogens is 2. The van der Waals surface area contributed by atoms with Gasteiger partial charge >= 0.3 is 5.97 Å². The quantitative estimate of drug-likeness (QED) is 0.770. The number of carbonyl (C=O) groups excluding carboxylic acids is 1. The summed E-state index contributed by atoms with van der Waals surface area (Å²) in [6.07, 6.45) is 1.02. The van der Waals surface area contributed by atoms with Crippen LogP contribution in [0.2, 0.25) is 0 Å². The van der Waals surface area contributed by atoms with Crippen molar-refractivity contribution in [3.63, 3.8) is 0 Å². The summed E-state index contributed by atoms with van der Waals surface area (Å²) >= 11 is 0. The smallest absolute Gasteiger partial charge is 0.376 e. The molecule has 18 heavy (non-hydrogen) atoms. The molecule has 6 nitrogen and oxygen atoms in total. The van der Waals surface area contributed by atoms with E-state index in [9.17, 15) is 4.79 Å². The van der Waals surface area contributed by atoms with E-state index < -0.39 is 5.97 Å². The van der Waals surface area contributed by atoms with Crippen LogP contribution < -0.4 is 10.6 Å². The van der Waals surface area contributed by atoms with Gasteiger partial charge in [0.1, 0.15) is 5.82 Å². The lowest BCUT2D eigenvalue weighted by molar-refractivity contribution is 0.0586. The molecule has 1 unspecified atom stereocenters. The fraction of sp³-hybridized carbons (Fsp3) is 0.583. The number of anilines is 1. The molecule has 1 saturated heterocycles.